The van der Waals surface area contributed by atoms with Gasteiger partial charge in [0.25, 0.3) is 0 Å². The summed E-state index contributed by atoms with van der Waals surface area (Å²) < 4.78 is 0. The van der Waals surface area contributed by atoms with Crippen LogP contribution >= 0.6 is 11.8 Å². The smallest absolute Gasteiger partial charge is 0.0240 e. The summed E-state index contributed by atoms with van der Waals surface area (Å²) in [6, 6.07) is 1.22. The van der Waals surface area contributed by atoms with E-state index < -0.39 is 0 Å². The van der Waals surface area contributed by atoms with Gasteiger partial charge in [0, 0.05) is 29.5 Å². The second kappa shape index (κ2) is 5.57. The monoisotopic (exact) mass is 197 g/mol. The standard InChI is InChI=1S/C11H19NS/c1-4-6-10(5-2)12-11-7-9(3)13-8-11/h1,9-12H,5-8H2,2-3H3. The summed E-state index contributed by atoms with van der Waals surface area (Å²) in [5, 5.41) is 4.45. The molecule has 0 aromatic carbocycles. The lowest BCUT2D eigenvalue weighted by Crippen LogP contribution is -2.37. The molecule has 13 heavy (non-hydrogen) atoms. The lowest BCUT2D eigenvalue weighted by atomic mass is 10.1. The predicted molar refractivity (Wildman–Crippen MR) is 61.0 cm³/mol. The minimum absolute atomic E-state index is 0.529. The van der Waals surface area contributed by atoms with Gasteiger partial charge in [-0.05, 0) is 12.8 Å². The van der Waals surface area contributed by atoms with E-state index in [0.29, 0.717) is 12.1 Å². The summed E-state index contributed by atoms with van der Waals surface area (Å²) in [6.45, 7) is 4.50. The van der Waals surface area contributed by atoms with Crippen LogP contribution < -0.4 is 5.32 Å². The van der Waals surface area contributed by atoms with Crippen molar-refractivity contribution < 1.29 is 0 Å². The Labute approximate surface area is 86.1 Å². The van der Waals surface area contributed by atoms with Crippen LogP contribution in [0.15, 0.2) is 0 Å². The SMILES string of the molecule is C#CCC(CC)NC1CSC(C)C1. The molecule has 0 amide bonds. The molecule has 0 radical (unpaired) electrons. The van der Waals surface area contributed by atoms with Gasteiger partial charge in [-0.2, -0.15) is 11.8 Å². The molecular weight excluding hydrogens is 178 g/mol. The van der Waals surface area contributed by atoms with E-state index in [9.17, 15) is 0 Å². The topological polar surface area (TPSA) is 12.0 Å². The largest absolute Gasteiger partial charge is 0.309 e. The normalized spacial score (nSPS) is 29.9. The number of rotatable bonds is 4. The summed E-state index contributed by atoms with van der Waals surface area (Å²) in [5.41, 5.74) is 0. The third-order valence-electron chi connectivity index (χ3n) is 2.53. The Kier molecular flexibility index (Phi) is 4.69. The average molecular weight is 197 g/mol. The summed E-state index contributed by atoms with van der Waals surface area (Å²) in [4.78, 5) is 0. The van der Waals surface area contributed by atoms with Crippen LogP contribution in [0.25, 0.3) is 0 Å². The highest BCUT2D eigenvalue weighted by Gasteiger charge is 2.23. The van der Waals surface area contributed by atoms with Crippen LogP contribution in [-0.4, -0.2) is 23.1 Å². The molecule has 1 aliphatic heterocycles. The molecule has 0 spiro atoms. The first-order valence-electron chi connectivity index (χ1n) is 5.07. The van der Waals surface area contributed by atoms with Crippen LogP contribution in [0.3, 0.4) is 0 Å². The van der Waals surface area contributed by atoms with Crippen LogP contribution in [-0.2, 0) is 0 Å². The van der Waals surface area contributed by atoms with Crippen molar-refractivity contribution in [3.8, 4) is 12.3 Å². The molecule has 0 saturated carbocycles. The molecule has 1 heterocycles. The summed E-state index contributed by atoms with van der Waals surface area (Å²) in [6.07, 6.45) is 8.61. The highest BCUT2D eigenvalue weighted by Crippen LogP contribution is 2.26. The van der Waals surface area contributed by atoms with Gasteiger partial charge in [-0.1, -0.05) is 13.8 Å². The highest BCUT2D eigenvalue weighted by atomic mass is 32.2. The van der Waals surface area contributed by atoms with Gasteiger partial charge in [0.15, 0.2) is 0 Å². The van der Waals surface area contributed by atoms with Crippen LogP contribution in [0.1, 0.15) is 33.1 Å². The molecule has 0 aliphatic carbocycles. The Morgan fingerprint density at radius 2 is 2.46 bits per heavy atom. The Balaban J connectivity index is 2.26. The van der Waals surface area contributed by atoms with Gasteiger partial charge in [0.2, 0.25) is 0 Å². The second-order valence-corrected chi connectivity index (χ2v) is 5.23. The Morgan fingerprint density at radius 3 is 2.92 bits per heavy atom. The second-order valence-electron chi connectivity index (χ2n) is 3.76. The van der Waals surface area contributed by atoms with E-state index in [2.05, 4.69) is 36.8 Å². The van der Waals surface area contributed by atoms with Crippen LogP contribution in [0.4, 0.5) is 0 Å². The van der Waals surface area contributed by atoms with Crippen molar-refractivity contribution in [1.82, 2.24) is 5.32 Å². The number of terminal acetylenes is 1. The Morgan fingerprint density at radius 1 is 1.69 bits per heavy atom. The maximum absolute atomic E-state index is 5.31. The lowest BCUT2D eigenvalue weighted by Gasteiger charge is -2.19. The molecule has 3 atom stereocenters. The zero-order valence-corrected chi connectivity index (χ0v) is 9.36. The van der Waals surface area contributed by atoms with E-state index in [1.54, 1.807) is 0 Å². The van der Waals surface area contributed by atoms with E-state index in [4.69, 9.17) is 6.42 Å². The fraction of sp³-hybridized carbons (Fsp3) is 0.818. The molecule has 2 heteroatoms. The summed E-state index contributed by atoms with van der Waals surface area (Å²) >= 11 is 2.06. The maximum Gasteiger partial charge on any atom is 0.0240 e. The Bertz CT molecular complexity index is 185. The first-order chi connectivity index (χ1) is 6.26. The molecule has 0 aromatic heterocycles. The van der Waals surface area contributed by atoms with E-state index >= 15 is 0 Å². The van der Waals surface area contributed by atoms with Gasteiger partial charge in [-0.3, -0.25) is 0 Å². The summed E-state index contributed by atoms with van der Waals surface area (Å²) in [7, 11) is 0. The minimum Gasteiger partial charge on any atom is -0.309 e. The minimum atomic E-state index is 0.529. The Hall–Kier alpha value is -0.130. The third kappa shape index (κ3) is 3.62. The van der Waals surface area contributed by atoms with Crippen molar-refractivity contribution in [2.24, 2.45) is 0 Å². The first-order valence-corrected chi connectivity index (χ1v) is 6.12. The van der Waals surface area contributed by atoms with Gasteiger partial charge in [0.1, 0.15) is 0 Å². The van der Waals surface area contributed by atoms with Crippen molar-refractivity contribution >= 4 is 11.8 Å². The molecule has 3 unspecified atom stereocenters. The first kappa shape index (κ1) is 10.9. The summed E-state index contributed by atoms with van der Waals surface area (Å²) in [5.74, 6) is 3.99. The van der Waals surface area contributed by atoms with Gasteiger partial charge in [0.05, 0.1) is 0 Å². The van der Waals surface area contributed by atoms with Crippen LogP contribution in [0.5, 0.6) is 0 Å². The van der Waals surface area contributed by atoms with Crippen LogP contribution in [0, 0.1) is 12.3 Å². The number of thioether (sulfide) groups is 1. The fourth-order valence-corrected chi connectivity index (χ4v) is 2.89. The molecule has 1 rings (SSSR count). The third-order valence-corrected chi connectivity index (χ3v) is 3.88. The average Bonchev–Trinajstić information content (AvgIpc) is 2.50. The van der Waals surface area contributed by atoms with E-state index in [0.717, 1.165) is 18.1 Å². The van der Waals surface area contributed by atoms with E-state index in [1.165, 1.54) is 12.2 Å². The zero-order valence-electron chi connectivity index (χ0n) is 8.55. The molecule has 1 nitrogen and oxygen atoms in total. The molecule has 1 N–H and O–H groups in total. The molecule has 1 fully saturated rings. The van der Waals surface area contributed by atoms with Gasteiger partial charge >= 0.3 is 0 Å². The highest BCUT2D eigenvalue weighted by molar-refractivity contribution is 8.00. The molecular formula is C11H19NS. The van der Waals surface area contributed by atoms with Crippen molar-refractivity contribution in [3.63, 3.8) is 0 Å². The van der Waals surface area contributed by atoms with Crippen molar-refractivity contribution in [3.05, 3.63) is 0 Å². The molecule has 1 saturated heterocycles. The maximum atomic E-state index is 5.31. The fourth-order valence-electron chi connectivity index (χ4n) is 1.73. The number of hydrogen-bond donors (Lipinski definition) is 1. The molecule has 0 bridgehead atoms. The van der Waals surface area contributed by atoms with Crippen molar-refractivity contribution in [1.29, 1.82) is 0 Å². The molecule has 74 valence electrons. The zero-order chi connectivity index (χ0) is 9.68. The molecule has 0 aromatic rings. The predicted octanol–water partition coefficient (Wildman–Crippen LogP) is 2.27. The number of nitrogens with one attached hydrogen (secondary N) is 1. The quantitative estimate of drug-likeness (QED) is 0.694. The van der Waals surface area contributed by atoms with Gasteiger partial charge < -0.3 is 5.32 Å². The van der Waals surface area contributed by atoms with Gasteiger partial charge in [-0.25, -0.2) is 0 Å². The van der Waals surface area contributed by atoms with Crippen molar-refractivity contribution in [2.45, 2.75) is 50.4 Å². The number of hydrogen-bond acceptors (Lipinski definition) is 2. The molecule has 1 aliphatic rings. The lowest BCUT2D eigenvalue weighted by molar-refractivity contribution is 0.436. The van der Waals surface area contributed by atoms with E-state index in [1.807, 2.05) is 0 Å². The van der Waals surface area contributed by atoms with E-state index in [-0.39, 0.29) is 0 Å². The van der Waals surface area contributed by atoms with Crippen molar-refractivity contribution in [2.75, 3.05) is 5.75 Å². The van der Waals surface area contributed by atoms with Crippen LogP contribution in [0.2, 0.25) is 0 Å². The van der Waals surface area contributed by atoms with Gasteiger partial charge in [-0.15, -0.1) is 12.3 Å².